The normalized spacial score (nSPS) is 12.0. The lowest BCUT2D eigenvalue weighted by Crippen LogP contribution is -2.43. The standard InChI is InChI=1S/C20H17F3N4O3/c1-11-7-13(24-4)8-15-17(11)30-18(27-15)14-6-5-12(9-25-14)26-16(28)10-29-19(2,3)20(21,22)23/h5-9H,10H2,1-3H3,(H,26,28). The number of nitrogens with one attached hydrogen (secondary N) is 1. The lowest BCUT2D eigenvalue weighted by molar-refractivity contribution is -0.261. The lowest BCUT2D eigenvalue weighted by atomic mass is 10.1. The van der Waals surface area contributed by atoms with Crippen molar-refractivity contribution in [3.8, 4) is 11.6 Å². The van der Waals surface area contributed by atoms with Gasteiger partial charge in [0.2, 0.25) is 11.8 Å². The van der Waals surface area contributed by atoms with Gasteiger partial charge in [0.15, 0.2) is 16.9 Å². The van der Waals surface area contributed by atoms with E-state index in [0.29, 0.717) is 22.5 Å². The first-order valence-electron chi connectivity index (χ1n) is 8.76. The molecule has 0 unspecified atom stereocenters. The Hall–Kier alpha value is -3.45. The van der Waals surface area contributed by atoms with Gasteiger partial charge in [0.05, 0.1) is 24.0 Å². The second kappa shape index (κ2) is 7.76. The fourth-order valence-electron chi connectivity index (χ4n) is 2.47. The van der Waals surface area contributed by atoms with Gasteiger partial charge in [0.25, 0.3) is 0 Å². The van der Waals surface area contributed by atoms with Gasteiger partial charge in [-0.25, -0.2) is 14.8 Å². The van der Waals surface area contributed by atoms with E-state index in [1.807, 2.05) is 0 Å². The minimum Gasteiger partial charge on any atom is -0.435 e. The van der Waals surface area contributed by atoms with Crippen molar-refractivity contribution in [2.45, 2.75) is 32.5 Å². The Morgan fingerprint density at radius 2 is 2.03 bits per heavy atom. The molecule has 10 heteroatoms. The molecule has 1 aromatic carbocycles. The highest BCUT2D eigenvalue weighted by atomic mass is 19.4. The van der Waals surface area contributed by atoms with Crippen molar-refractivity contribution >= 4 is 28.4 Å². The number of anilines is 1. The summed E-state index contributed by atoms with van der Waals surface area (Å²) in [6.45, 7) is 9.85. The van der Waals surface area contributed by atoms with Gasteiger partial charge < -0.3 is 14.5 Å². The largest absolute Gasteiger partial charge is 0.435 e. The molecule has 2 aromatic heterocycles. The van der Waals surface area contributed by atoms with Crippen LogP contribution in [0.4, 0.5) is 24.5 Å². The number of fused-ring (bicyclic) bond motifs is 1. The summed E-state index contributed by atoms with van der Waals surface area (Å²) in [5, 5.41) is 2.42. The summed E-state index contributed by atoms with van der Waals surface area (Å²) < 4.78 is 48.7. The second-order valence-electron chi connectivity index (χ2n) is 7.02. The zero-order valence-corrected chi connectivity index (χ0v) is 16.3. The number of oxazole rings is 1. The number of nitrogens with zero attached hydrogens (tertiary/aromatic N) is 3. The predicted molar refractivity (Wildman–Crippen MR) is 103 cm³/mol. The average molecular weight is 418 g/mol. The highest BCUT2D eigenvalue weighted by Crippen LogP contribution is 2.33. The highest BCUT2D eigenvalue weighted by Gasteiger charge is 2.48. The number of alkyl halides is 3. The quantitative estimate of drug-likeness (QED) is 0.587. The Labute approximate surface area is 169 Å². The van der Waals surface area contributed by atoms with Crippen LogP contribution >= 0.6 is 0 Å². The summed E-state index contributed by atoms with van der Waals surface area (Å²) in [4.78, 5) is 23.8. The summed E-state index contributed by atoms with van der Waals surface area (Å²) in [6.07, 6.45) is -3.27. The number of amides is 1. The molecule has 7 nitrogen and oxygen atoms in total. The molecule has 0 fully saturated rings. The number of aryl methyl sites for hydroxylation is 1. The maximum absolute atomic E-state index is 12.8. The number of carbonyl (C=O) groups excluding carboxylic acids is 1. The number of carbonyl (C=O) groups is 1. The summed E-state index contributed by atoms with van der Waals surface area (Å²) in [6, 6.07) is 6.37. The van der Waals surface area contributed by atoms with Crippen LogP contribution < -0.4 is 5.32 Å². The number of ether oxygens (including phenoxy) is 1. The van der Waals surface area contributed by atoms with Crippen LogP contribution in [0, 0.1) is 13.5 Å². The van der Waals surface area contributed by atoms with Gasteiger partial charge in [-0.3, -0.25) is 4.79 Å². The minimum absolute atomic E-state index is 0.239. The van der Waals surface area contributed by atoms with Crippen LogP contribution in [0.5, 0.6) is 0 Å². The average Bonchev–Trinajstić information content (AvgIpc) is 3.11. The molecule has 2 heterocycles. The smallest absolute Gasteiger partial charge is 0.416 e. The van der Waals surface area contributed by atoms with E-state index in [0.717, 1.165) is 19.4 Å². The monoisotopic (exact) mass is 418 g/mol. The Kier molecular flexibility index (Phi) is 5.50. The van der Waals surface area contributed by atoms with E-state index in [1.54, 1.807) is 25.1 Å². The summed E-state index contributed by atoms with van der Waals surface area (Å²) in [5.74, 6) is -0.505. The van der Waals surface area contributed by atoms with E-state index in [4.69, 9.17) is 11.0 Å². The van der Waals surface area contributed by atoms with Crippen molar-refractivity contribution in [1.82, 2.24) is 9.97 Å². The molecule has 0 spiro atoms. The van der Waals surface area contributed by atoms with Crippen LogP contribution in [0.2, 0.25) is 0 Å². The second-order valence-corrected chi connectivity index (χ2v) is 7.02. The van der Waals surface area contributed by atoms with Gasteiger partial charge in [-0.05, 0) is 50.6 Å². The molecule has 156 valence electrons. The van der Waals surface area contributed by atoms with E-state index in [-0.39, 0.29) is 11.6 Å². The molecule has 0 aliphatic heterocycles. The Bertz CT molecular complexity index is 1130. The number of hydrogen-bond acceptors (Lipinski definition) is 5. The van der Waals surface area contributed by atoms with Crippen molar-refractivity contribution in [3.05, 3.63) is 47.4 Å². The molecule has 0 aliphatic carbocycles. The maximum atomic E-state index is 12.8. The molecular formula is C20H17F3N4O3. The van der Waals surface area contributed by atoms with Gasteiger partial charge in [-0.1, -0.05) is 0 Å². The fraction of sp³-hybridized carbons (Fsp3) is 0.300. The summed E-state index contributed by atoms with van der Waals surface area (Å²) in [5.41, 5.74) is 0.512. The zero-order chi connectivity index (χ0) is 22.1. The zero-order valence-electron chi connectivity index (χ0n) is 16.3. The number of rotatable bonds is 5. The number of aromatic nitrogens is 2. The van der Waals surface area contributed by atoms with Crippen LogP contribution in [0.25, 0.3) is 27.5 Å². The minimum atomic E-state index is -4.59. The summed E-state index contributed by atoms with van der Waals surface area (Å²) >= 11 is 0. The summed E-state index contributed by atoms with van der Waals surface area (Å²) in [7, 11) is 0. The fourth-order valence-corrected chi connectivity index (χ4v) is 2.47. The molecule has 0 saturated carbocycles. The van der Waals surface area contributed by atoms with E-state index < -0.39 is 24.3 Å². The highest BCUT2D eigenvalue weighted by molar-refractivity contribution is 5.91. The molecule has 3 rings (SSSR count). The molecule has 30 heavy (non-hydrogen) atoms. The van der Waals surface area contributed by atoms with E-state index in [1.165, 1.54) is 12.3 Å². The van der Waals surface area contributed by atoms with Crippen LogP contribution in [-0.2, 0) is 9.53 Å². The topological polar surface area (TPSA) is 81.6 Å². The Morgan fingerprint density at radius 1 is 1.30 bits per heavy atom. The molecule has 0 saturated heterocycles. The van der Waals surface area contributed by atoms with Crippen molar-refractivity contribution in [2.75, 3.05) is 11.9 Å². The predicted octanol–water partition coefficient (Wildman–Crippen LogP) is 5.05. The number of benzene rings is 1. The van der Waals surface area contributed by atoms with E-state index in [9.17, 15) is 18.0 Å². The number of hydrogen-bond donors (Lipinski definition) is 1. The van der Waals surface area contributed by atoms with Gasteiger partial charge in [0, 0.05) is 0 Å². The van der Waals surface area contributed by atoms with E-state index >= 15 is 0 Å². The lowest BCUT2D eigenvalue weighted by Gasteiger charge is -2.27. The van der Waals surface area contributed by atoms with Crippen LogP contribution in [-0.4, -0.2) is 34.3 Å². The van der Waals surface area contributed by atoms with E-state index in [2.05, 4.69) is 24.9 Å². The third-order valence-corrected chi connectivity index (χ3v) is 4.30. The Morgan fingerprint density at radius 3 is 2.63 bits per heavy atom. The first-order chi connectivity index (χ1) is 14.0. The molecular weight excluding hydrogens is 401 g/mol. The third-order valence-electron chi connectivity index (χ3n) is 4.30. The van der Waals surface area contributed by atoms with Gasteiger partial charge in [-0.15, -0.1) is 0 Å². The van der Waals surface area contributed by atoms with Crippen molar-refractivity contribution in [1.29, 1.82) is 0 Å². The first-order valence-corrected chi connectivity index (χ1v) is 8.76. The third kappa shape index (κ3) is 4.41. The molecule has 0 radical (unpaired) electrons. The maximum Gasteiger partial charge on any atom is 0.416 e. The van der Waals surface area contributed by atoms with Gasteiger partial charge in [-0.2, -0.15) is 13.2 Å². The number of halogens is 3. The molecule has 0 aliphatic rings. The first kappa shape index (κ1) is 21.3. The van der Waals surface area contributed by atoms with Crippen molar-refractivity contribution in [3.63, 3.8) is 0 Å². The van der Waals surface area contributed by atoms with Crippen LogP contribution in [0.1, 0.15) is 19.4 Å². The number of pyridine rings is 1. The van der Waals surface area contributed by atoms with Gasteiger partial charge in [0.1, 0.15) is 12.3 Å². The van der Waals surface area contributed by atoms with Crippen molar-refractivity contribution < 1.29 is 27.1 Å². The molecule has 0 bridgehead atoms. The SMILES string of the molecule is [C-]#[N+]c1cc(C)c2oc(-c3ccc(NC(=O)COC(C)(C)C(F)(F)F)cn3)nc2c1. The van der Waals surface area contributed by atoms with Crippen LogP contribution in [0.15, 0.2) is 34.9 Å². The van der Waals surface area contributed by atoms with Crippen LogP contribution in [0.3, 0.4) is 0 Å². The van der Waals surface area contributed by atoms with Gasteiger partial charge >= 0.3 is 6.18 Å². The molecule has 3 aromatic rings. The molecule has 1 N–H and O–H groups in total. The van der Waals surface area contributed by atoms with Crippen molar-refractivity contribution in [2.24, 2.45) is 0 Å². The molecule has 1 amide bonds. The molecule has 0 atom stereocenters. The Balaban J connectivity index is 1.70.